The highest BCUT2D eigenvalue weighted by atomic mass is 35.5. The van der Waals surface area contributed by atoms with Crippen molar-refractivity contribution in [3.05, 3.63) is 35.5 Å². The Balaban J connectivity index is 2.31. The molecule has 1 aromatic heterocycles. The molecule has 0 unspecified atom stereocenters. The van der Waals surface area contributed by atoms with Gasteiger partial charge in [0.1, 0.15) is 0 Å². The molecule has 0 aliphatic rings. The van der Waals surface area contributed by atoms with Crippen LogP contribution < -0.4 is 10.9 Å². The third-order valence-corrected chi connectivity index (χ3v) is 2.42. The van der Waals surface area contributed by atoms with Crippen molar-refractivity contribution in [3.63, 3.8) is 0 Å². The molecular formula is C11H10ClN3O2. The summed E-state index contributed by atoms with van der Waals surface area (Å²) in [7, 11) is 1.29. The molecule has 0 saturated heterocycles. The lowest BCUT2D eigenvalue weighted by Gasteiger charge is -2.09. The summed E-state index contributed by atoms with van der Waals surface area (Å²) in [6.45, 7) is 0. The number of ether oxygens (including phenoxy) is 1. The van der Waals surface area contributed by atoms with Crippen LogP contribution in [0.4, 0.5) is 10.5 Å². The summed E-state index contributed by atoms with van der Waals surface area (Å²) in [4.78, 5) is 15.1. The van der Waals surface area contributed by atoms with E-state index in [0.29, 0.717) is 5.02 Å². The highest BCUT2D eigenvalue weighted by Crippen LogP contribution is 2.23. The van der Waals surface area contributed by atoms with Crippen LogP contribution in [0.15, 0.2) is 30.5 Å². The average Bonchev–Trinajstić information content (AvgIpc) is 2.35. The Morgan fingerprint density at radius 2 is 2.24 bits per heavy atom. The van der Waals surface area contributed by atoms with Crippen LogP contribution in [0.2, 0.25) is 5.02 Å². The molecule has 2 N–H and O–H groups in total. The molecule has 88 valence electrons. The van der Waals surface area contributed by atoms with Crippen LogP contribution in [0.3, 0.4) is 0 Å². The number of hydrogen-bond acceptors (Lipinski definition) is 4. The standard InChI is InChI=1S/C11H10ClN3O2/c1-17-11(16)15-14-9-4-5-13-10-6-7(12)2-3-8(9)10/h2-6H,1H3,(H,13,14)(H,15,16). The molecule has 1 amide bonds. The molecule has 0 radical (unpaired) electrons. The molecule has 1 heterocycles. The number of nitrogens with zero attached hydrogens (tertiary/aromatic N) is 1. The van der Waals surface area contributed by atoms with Gasteiger partial charge in [-0.1, -0.05) is 11.6 Å². The molecule has 5 nitrogen and oxygen atoms in total. The first kappa shape index (κ1) is 11.5. The van der Waals surface area contributed by atoms with E-state index in [1.165, 1.54) is 7.11 Å². The summed E-state index contributed by atoms with van der Waals surface area (Å²) in [5, 5.41) is 1.47. The fourth-order valence-electron chi connectivity index (χ4n) is 1.40. The number of fused-ring (bicyclic) bond motifs is 1. The fourth-order valence-corrected chi connectivity index (χ4v) is 1.57. The van der Waals surface area contributed by atoms with Crippen molar-refractivity contribution in [3.8, 4) is 0 Å². The number of methoxy groups -OCH3 is 1. The number of amides is 1. The molecule has 0 aliphatic carbocycles. The van der Waals surface area contributed by atoms with Crippen molar-refractivity contribution in [1.82, 2.24) is 10.4 Å². The molecule has 0 atom stereocenters. The van der Waals surface area contributed by atoms with Gasteiger partial charge < -0.3 is 4.74 Å². The quantitative estimate of drug-likeness (QED) is 0.806. The first-order chi connectivity index (χ1) is 8.20. The highest BCUT2D eigenvalue weighted by molar-refractivity contribution is 6.31. The molecule has 0 aliphatic heterocycles. The number of rotatable bonds is 2. The number of hydrogen-bond donors (Lipinski definition) is 2. The van der Waals surface area contributed by atoms with E-state index in [-0.39, 0.29) is 0 Å². The number of carbonyl (C=O) groups is 1. The predicted octanol–water partition coefficient (Wildman–Crippen LogP) is 2.57. The Hall–Kier alpha value is -2.01. The number of hydrazine groups is 1. The number of pyridine rings is 1. The number of carbonyl (C=O) groups excluding carboxylic acids is 1. The normalized spacial score (nSPS) is 10.0. The minimum Gasteiger partial charge on any atom is -0.452 e. The minimum absolute atomic E-state index is 0.566. The van der Waals surface area contributed by atoms with Crippen molar-refractivity contribution < 1.29 is 9.53 Å². The zero-order valence-electron chi connectivity index (χ0n) is 9.03. The van der Waals surface area contributed by atoms with Gasteiger partial charge in [-0.05, 0) is 24.3 Å². The Labute approximate surface area is 103 Å². The van der Waals surface area contributed by atoms with Gasteiger partial charge in [-0.15, -0.1) is 0 Å². The SMILES string of the molecule is COC(=O)NNc1ccnc2cc(Cl)ccc12. The molecule has 17 heavy (non-hydrogen) atoms. The molecule has 0 spiro atoms. The Morgan fingerprint density at radius 3 is 3.00 bits per heavy atom. The lowest BCUT2D eigenvalue weighted by Crippen LogP contribution is -2.29. The maximum Gasteiger partial charge on any atom is 0.425 e. The Kier molecular flexibility index (Phi) is 3.30. The van der Waals surface area contributed by atoms with E-state index in [1.54, 1.807) is 24.4 Å². The zero-order chi connectivity index (χ0) is 12.3. The van der Waals surface area contributed by atoms with Crippen LogP contribution in [0, 0.1) is 0 Å². The summed E-state index contributed by atoms with van der Waals surface area (Å²) in [6, 6.07) is 7.08. The molecule has 0 saturated carbocycles. The second-order valence-corrected chi connectivity index (χ2v) is 3.70. The van der Waals surface area contributed by atoms with Gasteiger partial charge in [0.2, 0.25) is 0 Å². The lowest BCUT2D eigenvalue weighted by atomic mass is 10.2. The van der Waals surface area contributed by atoms with Crippen LogP contribution in [0.1, 0.15) is 0 Å². The second kappa shape index (κ2) is 4.88. The van der Waals surface area contributed by atoms with Crippen molar-refractivity contribution in [2.24, 2.45) is 0 Å². The van der Waals surface area contributed by atoms with Crippen LogP contribution >= 0.6 is 11.6 Å². The number of aromatic nitrogens is 1. The molecular weight excluding hydrogens is 242 g/mol. The molecule has 0 bridgehead atoms. The van der Waals surface area contributed by atoms with Crippen LogP contribution in [0.5, 0.6) is 0 Å². The monoisotopic (exact) mass is 251 g/mol. The van der Waals surface area contributed by atoms with Gasteiger partial charge >= 0.3 is 6.09 Å². The maximum atomic E-state index is 10.9. The summed E-state index contributed by atoms with van der Waals surface area (Å²) in [5.74, 6) is 0. The van der Waals surface area contributed by atoms with Gasteiger partial charge in [-0.3, -0.25) is 10.4 Å². The van der Waals surface area contributed by atoms with E-state index in [4.69, 9.17) is 11.6 Å². The average molecular weight is 252 g/mol. The van der Waals surface area contributed by atoms with Crippen LogP contribution in [-0.2, 0) is 4.74 Å². The molecule has 2 rings (SSSR count). The van der Waals surface area contributed by atoms with E-state index in [9.17, 15) is 4.79 Å². The smallest absolute Gasteiger partial charge is 0.425 e. The van der Waals surface area contributed by atoms with Crippen molar-refractivity contribution in [1.29, 1.82) is 0 Å². The fraction of sp³-hybridized carbons (Fsp3) is 0.0909. The number of halogens is 1. The van der Waals surface area contributed by atoms with Gasteiger partial charge in [-0.25, -0.2) is 10.2 Å². The second-order valence-electron chi connectivity index (χ2n) is 3.26. The van der Waals surface area contributed by atoms with E-state index >= 15 is 0 Å². The Bertz CT molecular complexity index is 559. The topological polar surface area (TPSA) is 63.2 Å². The van der Waals surface area contributed by atoms with Gasteiger partial charge in [0, 0.05) is 16.6 Å². The van der Waals surface area contributed by atoms with Crippen LogP contribution in [-0.4, -0.2) is 18.2 Å². The third kappa shape index (κ3) is 2.57. The van der Waals surface area contributed by atoms with Crippen LogP contribution in [0.25, 0.3) is 10.9 Å². The summed E-state index contributed by atoms with van der Waals surface area (Å²) in [5.41, 5.74) is 6.60. The molecule has 1 aromatic carbocycles. The minimum atomic E-state index is -0.566. The number of anilines is 1. The van der Waals surface area contributed by atoms with E-state index in [2.05, 4.69) is 20.6 Å². The molecule has 6 heteroatoms. The molecule has 2 aromatic rings. The summed E-state index contributed by atoms with van der Waals surface area (Å²) < 4.78 is 4.45. The number of nitrogens with one attached hydrogen (secondary N) is 2. The number of benzene rings is 1. The third-order valence-electron chi connectivity index (χ3n) is 2.19. The molecule has 0 fully saturated rings. The van der Waals surface area contributed by atoms with Crippen molar-refractivity contribution >= 4 is 34.3 Å². The van der Waals surface area contributed by atoms with Gasteiger partial charge in [0.05, 0.1) is 18.3 Å². The zero-order valence-corrected chi connectivity index (χ0v) is 9.78. The largest absolute Gasteiger partial charge is 0.452 e. The first-order valence-corrected chi connectivity index (χ1v) is 5.23. The lowest BCUT2D eigenvalue weighted by molar-refractivity contribution is 0.173. The van der Waals surface area contributed by atoms with E-state index in [1.807, 2.05) is 6.07 Å². The van der Waals surface area contributed by atoms with E-state index in [0.717, 1.165) is 16.6 Å². The van der Waals surface area contributed by atoms with E-state index < -0.39 is 6.09 Å². The van der Waals surface area contributed by atoms with Crippen molar-refractivity contribution in [2.45, 2.75) is 0 Å². The summed E-state index contributed by atoms with van der Waals surface area (Å²) >= 11 is 5.87. The van der Waals surface area contributed by atoms with Gasteiger partial charge in [0.25, 0.3) is 0 Å². The Morgan fingerprint density at radius 1 is 1.41 bits per heavy atom. The van der Waals surface area contributed by atoms with Gasteiger partial charge in [-0.2, -0.15) is 0 Å². The first-order valence-electron chi connectivity index (χ1n) is 4.85. The highest BCUT2D eigenvalue weighted by Gasteiger charge is 2.03. The summed E-state index contributed by atoms with van der Waals surface area (Å²) in [6.07, 6.45) is 1.06. The van der Waals surface area contributed by atoms with Crippen molar-refractivity contribution in [2.75, 3.05) is 12.5 Å². The van der Waals surface area contributed by atoms with Gasteiger partial charge in [0.15, 0.2) is 0 Å². The predicted molar refractivity (Wildman–Crippen MR) is 65.9 cm³/mol. The maximum absolute atomic E-state index is 10.9.